The van der Waals surface area contributed by atoms with Crippen molar-refractivity contribution in [3.05, 3.63) is 47.0 Å². The first-order valence-electron chi connectivity index (χ1n) is 7.02. The predicted molar refractivity (Wildman–Crippen MR) is 79.8 cm³/mol. The van der Waals surface area contributed by atoms with Gasteiger partial charge in [-0.05, 0) is 40.2 Å². The molecule has 0 spiro atoms. The Morgan fingerprint density at radius 2 is 1.74 bits per heavy atom. The maximum absolute atomic E-state index is 12.5. The van der Waals surface area contributed by atoms with Crippen LogP contribution in [0.15, 0.2) is 30.3 Å². The van der Waals surface area contributed by atoms with Crippen molar-refractivity contribution in [1.82, 2.24) is 0 Å². The Bertz CT molecular complexity index is 649. The SMILES string of the molecule is CC(C)(C)CC(=O)c1ccc2c3c(cccc13)CC2. The van der Waals surface area contributed by atoms with Crippen molar-refractivity contribution in [2.45, 2.75) is 40.0 Å². The van der Waals surface area contributed by atoms with E-state index in [4.69, 9.17) is 0 Å². The third-order valence-electron chi connectivity index (χ3n) is 3.87. The van der Waals surface area contributed by atoms with Crippen molar-refractivity contribution in [1.29, 1.82) is 0 Å². The lowest BCUT2D eigenvalue weighted by atomic mass is 9.86. The molecule has 0 atom stereocenters. The quantitative estimate of drug-likeness (QED) is 0.716. The molecule has 0 aliphatic heterocycles. The number of hydrogen-bond acceptors (Lipinski definition) is 1. The monoisotopic (exact) mass is 252 g/mol. The van der Waals surface area contributed by atoms with Gasteiger partial charge in [-0.3, -0.25) is 4.79 Å². The summed E-state index contributed by atoms with van der Waals surface area (Å²) in [6, 6.07) is 10.6. The van der Waals surface area contributed by atoms with Crippen LogP contribution in [0.25, 0.3) is 10.8 Å². The standard InChI is InChI=1S/C18H20O/c1-18(2,3)11-16(19)14-10-9-13-8-7-12-5-4-6-15(14)17(12)13/h4-6,9-10H,7-8,11H2,1-3H3. The molecule has 0 aromatic heterocycles. The predicted octanol–water partition coefficient (Wildman–Crippen LogP) is 4.56. The van der Waals surface area contributed by atoms with Gasteiger partial charge in [0.2, 0.25) is 0 Å². The van der Waals surface area contributed by atoms with E-state index in [9.17, 15) is 4.79 Å². The van der Waals surface area contributed by atoms with E-state index in [0.717, 1.165) is 23.8 Å². The molecule has 2 aromatic carbocycles. The zero-order valence-electron chi connectivity index (χ0n) is 11.9. The number of rotatable bonds is 2. The third kappa shape index (κ3) is 2.18. The molecule has 0 N–H and O–H groups in total. The lowest BCUT2D eigenvalue weighted by molar-refractivity contribution is 0.0941. The van der Waals surface area contributed by atoms with Gasteiger partial charge in [0.25, 0.3) is 0 Å². The maximum Gasteiger partial charge on any atom is 0.164 e. The summed E-state index contributed by atoms with van der Waals surface area (Å²) < 4.78 is 0. The fraction of sp³-hybridized carbons (Fsp3) is 0.389. The number of benzene rings is 2. The van der Waals surface area contributed by atoms with E-state index in [-0.39, 0.29) is 11.2 Å². The topological polar surface area (TPSA) is 17.1 Å². The normalized spacial score (nSPS) is 14.1. The first-order chi connectivity index (χ1) is 8.96. The summed E-state index contributed by atoms with van der Waals surface area (Å²) in [5, 5.41) is 2.49. The van der Waals surface area contributed by atoms with E-state index in [0.29, 0.717) is 6.42 Å². The fourth-order valence-corrected chi connectivity index (χ4v) is 3.07. The van der Waals surface area contributed by atoms with Crippen LogP contribution in [-0.4, -0.2) is 5.78 Å². The maximum atomic E-state index is 12.5. The van der Waals surface area contributed by atoms with E-state index < -0.39 is 0 Å². The highest BCUT2D eigenvalue weighted by molar-refractivity contribution is 6.10. The van der Waals surface area contributed by atoms with E-state index in [1.807, 2.05) is 6.07 Å². The zero-order valence-corrected chi connectivity index (χ0v) is 11.9. The molecule has 1 heteroatoms. The Morgan fingerprint density at radius 3 is 2.42 bits per heavy atom. The zero-order chi connectivity index (χ0) is 13.6. The molecule has 1 aliphatic carbocycles. The highest BCUT2D eigenvalue weighted by Gasteiger charge is 2.22. The van der Waals surface area contributed by atoms with Crippen LogP contribution in [0.2, 0.25) is 0 Å². The molecule has 98 valence electrons. The Kier molecular flexibility index (Phi) is 2.74. The van der Waals surface area contributed by atoms with Crippen LogP contribution in [0.4, 0.5) is 0 Å². The third-order valence-corrected chi connectivity index (χ3v) is 3.87. The Labute approximate surface area is 114 Å². The molecule has 0 amide bonds. The van der Waals surface area contributed by atoms with E-state index in [2.05, 4.69) is 45.0 Å². The largest absolute Gasteiger partial charge is 0.294 e. The molecule has 0 unspecified atom stereocenters. The highest BCUT2D eigenvalue weighted by Crippen LogP contribution is 2.34. The van der Waals surface area contributed by atoms with E-state index >= 15 is 0 Å². The minimum Gasteiger partial charge on any atom is -0.294 e. The van der Waals surface area contributed by atoms with Crippen molar-refractivity contribution in [3.8, 4) is 0 Å². The number of Topliss-reactive ketones (excluding diaryl/α,β-unsaturated/α-hetero) is 1. The first kappa shape index (κ1) is 12.4. The molecule has 0 bridgehead atoms. The van der Waals surface area contributed by atoms with Gasteiger partial charge in [-0.2, -0.15) is 0 Å². The van der Waals surface area contributed by atoms with Gasteiger partial charge in [0.15, 0.2) is 5.78 Å². The second-order valence-electron chi connectivity index (χ2n) is 6.77. The summed E-state index contributed by atoms with van der Waals surface area (Å²) >= 11 is 0. The minimum atomic E-state index is 0.0415. The summed E-state index contributed by atoms with van der Waals surface area (Å²) in [7, 11) is 0. The van der Waals surface area contributed by atoms with Crippen molar-refractivity contribution in [2.24, 2.45) is 5.41 Å². The van der Waals surface area contributed by atoms with Crippen LogP contribution in [0, 0.1) is 5.41 Å². The summed E-state index contributed by atoms with van der Waals surface area (Å²) in [5.74, 6) is 0.267. The van der Waals surface area contributed by atoms with Gasteiger partial charge < -0.3 is 0 Å². The molecule has 1 nitrogen and oxygen atoms in total. The molecule has 0 fully saturated rings. The lowest BCUT2D eigenvalue weighted by Gasteiger charge is -2.17. The minimum absolute atomic E-state index is 0.0415. The van der Waals surface area contributed by atoms with Crippen LogP contribution in [0.3, 0.4) is 0 Å². The molecule has 0 saturated carbocycles. The number of hydrogen-bond donors (Lipinski definition) is 0. The smallest absolute Gasteiger partial charge is 0.164 e. The molecular weight excluding hydrogens is 232 g/mol. The van der Waals surface area contributed by atoms with Crippen molar-refractivity contribution < 1.29 is 4.79 Å². The summed E-state index contributed by atoms with van der Waals surface area (Å²) in [4.78, 5) is 12.5. The highest BCUT2D eigenvalue weighted by atomic mass is 16.1. The second-order valence-corrected chi connectivity index (χ2v) is 6.77. The van der Waals surface area contributed by atoms with Crippen LogP contribution in [-0.2, 0) is 12.8 Å². The van der Waals surface area contributed by atoms with Crippen LogP contribution >= 0.6 is 0 Å². The van der Waals surface area contributed by atoms with Crippen molar-refractivity contribution >= 4 is 16.6 Å². The van der Waals surface area contributed by atoms with Gasteiger partial charge in [-0.25, -0.2) is 0 Å². The molecule has 0 heterocycles. The molecule has 0 radical (unpaired) electrons. The molecular formula is C18H20O. The summed E-state index contributed by atoms with van der Waals surface area (Å²) in [6.07, 6.45) is 2.83. The van der Waals surface area contributed by atoms with E-state index in [1.54, 1.807) is 0 Å². The average molecular weight is 252 g/mol. The lowest BCUT2D eigenvalue weighted by Crippen LogP contribution is -2.13. The van der Waals surface area contributed by atoms with Gasteiger partial charge in [0.05, 0.1) is 0 Å². The van der Waals surface area contributed by atoms with Crippen molar-refractivity contribution in [2.75, 3.05) is 0 Å². The van der Waals surface area contributed by atoms with Gasteiger partial charge in [-0.15, -0.1) is 0 Å². The number of aryl methyl sites for hydroxylation is 2. The first-order valence-corrected chi connectivity index (χ1v) is 7.02. The molecule has 2 aromatic rings. The van der Waals surface area contributed by atoms with Crippen molar-refractivity contribution in [3.63, 3.8) is 0 Å². The average Bonchev–Trinajstić information content (AvgIpc) is 2.73. The van der Waals surface area contributed by atoms with E-state index in [1.165, 1.54) is 16.5 Å². The number of ketones is 1. The van der Waals surface area contributed by atoms with Gasteiger partial charge in [0, 0.05) is 12.0 Å². The van der Waals surface area contributed by atoms with Gasteiger partial charge >= 0.3 is 0 Å². The van der Waals surface area contributed by atoms with Gasteiger partial charge in [0.1, 0.15) is 0 Å². The van der Waals surface area contributed by atoms with Crippen LogP contribution in [0.1, 0.15) is 48.7 Å². The summed E-state index contributed by atoms with van der Waals surface area (Å²) in [5.41, 5.74) is 3.74. The Morgan fingerprint density at radius 1 is 1.05 bits per heavy atom. The molecule has 1 aliphatic rings. The fourth-order valence-electron chi connectivity index (χ4n) is 3.07. The van der Waals surface area contributed by atoms with Crippen LogP contribution in [0.5, 0.6) is 0 Å². The second kappa shape index (κ2) is 4.19. The Balaban J connectivity index is 2.14. The molecule has 19 heavy (non-hydrogen) atoms. The number of carbonyl (C=O) groups excluding carboxylic acids is 1. The van der Waals surface area contributed by atoms with Gasteiger partial charge in [-0.1, -0.05) is 51.1 Å². The number of carbonyl (C=O) groups is 1. The van der Waals surface area contributed by atoms with Crippen LogP contribution < -0.4 is 0 Å². The molecule has 3 rings (SSSR count). The summed E-state index contributed by atoms with van der Waals surface area (Å²) in [6.45, 7) is 6.35. The Hall–Kier alpha value is -1.63. The molecule has 0 saturated heterocycles.